The van der Waals surface area contributed by atoms with Crippen LogP contribution < -0.4 is 0 Å². The Hall–Kier alpha value is 0.630. The lowest BCUT2D eigenvalue weighted by Gasteiger charge is -2.18. The topological polar surface area (TPSA) is 26.3 Å². The average molecular weight is 266 g/mol. The molecule has 1 fully saturated rings. The molecule has 2 unspecified atom stereocenters. The number of hydrogen-bond donors (Lipinski definition) is 0. The first-order valence-electron chi connectivity index (χ1n) is 3.75. The van der Waals surface area contributed by atoms with Crippen molar-refractivity contribution in [3.05, 3.63) is 0 Å². The summed E-state index contributed by atoms with van der Waals surface area (Å²) in [6.45, 7) is 0.327. The highest BCUT2D eigenvalue weighted by Crippen LogP contribution is 2.37. The van der Waals surface area contributed by atoms with Crippen molar-refractivity contribution < 1.29 is 9.53 Å². The Bertz CT molecular complexity index is 201. The maximum atomic E-state index is 10.7. The van der Waals surface area contributed by atoms with Crippen molar-refractivity contribution in [2.24, 2.45) is 5.92 Å². The summed E-state index contributed by atoms with van der Waals surface area (Å²) in [4.78, 5) is 10.7. The summed E-state index contributed by atoms with van der Waals surface area (Å²) in [6, 6.07) is 0. The molecule has 0 bridgehead atoms. The van der Waals surface area contributed by atoms with E-state index in [1.807, 2.05) is 0 Å². The van der Waals surface area contributed by atoms with E-state index < -0.39 is 3.79 Å². The van der Waals surface area contributed by atoms with E-state index >= 15 is 0 Å². The van der Waals surface area contributed by atoms with Crippen molar-refractivity contribution in [3.63, 3.8) is 0 Å². The Balaban J connectivity index is 2.40. The molecule has 0 amide bonds. The fourth-order valence-electron chi connectivity index (χ4n) is 1.15. The first-order valence-corrected chi connectivity index (χ1v) is 5.32. The Labute approximate surface area is 96.4 Å². The average Bonchev–Trinajstić information content (AvgIpc) is 2.31. The van der Waals surface area contributed by atoms with Gasteiger partial charge in [-0.25, -0.2) is 0 Å². The summed E-state index contributed by atoms with van der Waals surface area (Å²) in [5, 5.41) is -0.334. The molecule has 0 spiro atoms. The first kappa shape index (κ1) is 11.7. The van der Waals surface area contributed by atoms with Crippen molar-refractivity contribution in [2.45, 2.75) is 22.0 Å². The Kier molecular flexibility index (Phi) is 3.99. The zero-order valence-electron chi connectivity index (χ0n) is 6.60. The molecule has 0 aliphatic carbocycles. The lowest BCUT2D eigenvalue weighted by molar-refractivity contribution is -0.137. The number of hydrogen-bond acceptors (Lipinski definition) is 2. The van der Waals surface area contributed by atoms with E-state index in [-0.39, 0.29) is 23.7 Å². The van der Waals surface area contributed by atoms with Gasteiger partial charge in [0, 0.05) is 17.7 Å². The zero-order chi connectivity index (χ0) is 10.1. The largest absolute Gasteiger partial charge is 0.465 e. The minimum absolute atomic E-state index is 0.0372. The summed E-state index contributed by atoms with van der Waals surface area (Å²) in [5.74, 6) is -0.273. The third-order valence-electron chi connectivity index (χ3n) is 1.83. The normalized spacial score (nSPS) is 25.8. The summed E-state index contributed by atoms with van der Waals surface area (Å²) in [6.07, 6.45) is 0.537. The molecular formula is C7H8Cl4O2. The van der Waals surface area contributed by atoms with Gasteiger partial charge in [-0.05, 0) is 0 Å². The lowest BCUT2D eigenvalue weighted by Crippen LogP contribution is -2.21. The van der Waals surface area contributed by atoms with Crippen LogP contribution in [0.15, 0.2) is 0 Å². The second kappa shape index (κ2) is 4.43. The van der Waals surface area contributed by atoms with Gasteiger partial charge in [0.05, 0.1) is 13.0 Å². The lowest BCUT2D eigenvalue weighted by atomic mass is 10.0. The van der Waals surface area contributed by atoms with Gasteiger partial charge in [0.2, 0.25) is 0 Å². The van der Waals surface area contributed by atoms with E-state index in [1.165, 1.54) is 0 Å². The molecule has 2 atom stereocenters. The number of esters is 1. The second-order valence-corrected chi connectivity index (χ2v) is 6.06. The van der Waals surface area contributed by atoms with Crippen molar-refractivity contribution in [1.82, 2.24) is 0 Å². The van der Waals surface area contributed by atoms with Crippen LogP contribution in [0.1, 0.15) is 12.8 Å². The van der Waals surface area contributed by atoms with Crippen LogP contribution in [-0.4, -0.2) is 21.7 Å². The van der Waals surface area contributed by atoms with E-state index in [4.69, 9.17) is 51.1 Å². The van der Waals surface area contributed by atoms with Crippen molar-refractivity contribution in [2.75, 3.05) is 6.61 Å². The number of carbonyl (C=O) groups excluding carboxylic acids is 1. The number of rotatable bonds is 2. The van der Waals surface area contributed by atoms with Gasteiger partial charge >= 0.3 is 5.97 Å². The third kappa shape index (κ3) is 4.11. The number of halogens is 4. The molecule has 76 valence electrons. The van der Waals surface area contributed by atoms with Gasteiger partial charge in [0.1, 0.15) is 0 Å². The molecule has 0 saturated carbocycles. The highest BCUT2D eigenvalue weighted by molar-refractivity contribution is 6.67. The third-order valence-corrected chi connectivity index (χ3v) is 2.80. The van der Waals surface area contributed by atoms with Crippen LogP contribution in [0.2, 0.25) is 0 Å². The van der Waals surface area contributed by atoms with Gasteiger partial charge in [-0.15, -0.1) is 11.6 Å². The summed E-state index contributed by atoms with van der Waals surface area (Å²) < 4.78 is 3.39. The van der Waals surface area contributed by atoms with Crippen LogP contribution in [0.25, 0.3) is 0 Å². The van der Waals surface area contributed by atoms with E-state index in [1.54, 1.807) is 0 Å². The molecule has 0 aromatic carbocycles. The smallest absolute Gasteiger partial charge is 0.306 e. The van der Waals surface area contributed by atoms with Gasteiger partial charge < -0.3 is 4.74 Å². The minimum atomic E-state index is -1.36. The van der Waals surface area contributed by atoms with Gasteiger partial charge in [0.25, 0.3) is 0 Å². The fourth-order valence-corrected chi connectivity index (χ4v) is 2.28. The number of carbonyl (C=O) groups is 1. The monoisotopic (exact) mass is 264 g/mol. The number of cyclic esters (lactones) is 1. The predicted octanol–water partition coefficient (Wildman–Crippen LogP) is 2.92. The van der Waals surface area contributed by atoms with Crippen LogP contribution in [-0.2, 0) is 9.53 Å². The second-order valence-electron chi connectivity index (χ2n) is 2.98. The molecule has 13 heavy (non-hydrogen) atoms. The molecule has 0 radical (unpaired) electrons. The quantitative estimate of drug-likeness (QED) is 0.567. The number of ether oxygens (including phenoxy) is 1. The first-order chi connectivity index (χ1) is 5.88. The van der Waals surface area contributed by atoms with E-state index in [9.17, 15) is 4.79 Å². The molecule has 0 aromatic rings. The standard InChI is InChI=1S/C7H8Cl4O2/c8-5(2-7(9,10)11)4-1-6(12)13-3-4/h4-5H,1-3H2. The highest BCUT2D eigenvalue weighted by atomic mass is 35.6. The van der Waals surface area contributed by atoms with Crippen molar-refractivity contribution >= 4 is 52.4 Å². The summed E-state index contributed by atoms with van der Waals surface area (Å²) in [5.41, 5.74) is 0. The minimum Gasteiger partial charge on any atom is -0.465 e. The van der Waals surface area contributed by atoms with Crippen LogP contribution in [0.5, 0.6) is 0 Å². The molecule has 0 aromatic heterocycles. The van der Waals surface area contributed by atoms with Crippen molar-refractivity contribution in [3.8, 4) is 0 Å². The van der Waals surface area contributed by atoms with Gasteiger partial charge in [-0.1, -0.05) is 34.8 Å². The molecule has 1 aliphatic rings. The maximum Gasteiger partial charge on any atom is 0.306 e. The number of alkyl halides is 4. The molecule has 1 rings (SSSR count). The molecule has 0 N–H and O–H groups in total. The van der Waals surface area contributed by atoms with Crippen molar-refractivity contribution in [1.29, 1.82) is 0 Å². The molecule has 1 saturated heterocycles. The van der Waals surface area contributed by atoms with E-state index in [0.29, 0.717) is 13.0 Å². The summed E-state index contributed by atoms with van der Waals surface area (Å²) >= 11 is 22.6. The Morgan fingerprint density at radius 3 is 2.54 bits per heavy atom. The summed E-state index contributed by atoms with van der Waals surface area (Å²) in [7, 11) is 0. The zero-order valence-corrected chi connectivity index (χ0v) is 9.63. The van der Waals surface area contributed by atoms with Crippen LogP contribution in [0, 0.1) is 5.92 Å². The Morgan fingerprint density at radius 2 is 2.15 bits per heavy atom. The van der Waals surface area contributed by atoms with Crippen LogP contribution in [0.4, 0.5) is 0 Å². The highest BCUT2D eigenvalue weighted by Gasteiger charge is 2.34. The SMILES string of the molecule is O=C1CC(C(Cl)CC(Cl)(Cl)Cl)CO1. The van der Waals surface area contributed by atoms with E-state index in [2.05, 4.69) is 0 Å². The van der Waals surface area contributed by atoms with Crippen LogP contribution in [0.3, 0.4) is 0 Å². The maximum absolute atomic E-state index is 10.7. The molecule has 1 heterocycles. The van der Waals surface area contributed by atoms with Gasteiger partial charge in [-0.3, -0.25) is 4.79 Å². The predicted molar refractivity (Wildman–Crippen MR) is 53.6 cm³/mol. The van der Waals surface area contributed by atoms with E-state index in [0.717, 1.165) is 0 Å². The fraction of sp³-hybridized carbons (Fsp3) is 0.857. The molecule has 2 nitrogen and oxygen atoms in total. The Morgan fingerprint density at radius 1 is 1.54 bits per heavy atom. The van der Waals surface area contributed by atoms with Gasteiger partial charge in [-0.2, -0.15) is 0 Å². The molecular weight excluding hydrogens is 258 g/mol. The van der Waals surface area contributed by atoms with Gasteiger partial charge in [0.15, 0.2) is 3.79 Å². The molecule has 6 heteroatoms. The molecule has 1 aliphatic heterocycles. The van der Waals surface area contributed by atoms with Crippen LogP contribution >= 0.6 is 46.4 Å².